The molecule has 0 spiro atoms. The molecule has 0 aliphatic rings. The zero-order valence-electron chi connectivity index (χ0n) is 12.1. The number of rotatable bonds is 3. The summed E-state index contributed by atoms with van der Waals surface area (Å²) in [5, 5.41) is 0. The molecule has 2 heterocycles. The summed E-state index contributed by atoms with van der Waals surface area (Å²) in [7, 11) is 0. The number of pyridine rings is 1. The average molecular weight is 279 g/mol. The SMILES string of the molecule is CC(C)c1ccc(-c2cn3cccc(C(N)=O)c3n2)cc1. The molecule has 106 valence electrons. The first-order chi connectivity index (χ1) is 10.1. The van der Waals surface area contributed by atoms with Crippen LogP contribution < -0.4 is 5.73 Å². The molecule has 4 heteroatoms. The lowest BCUT2D eigenvalue weighted by molar-refractivity contribution is 0.100. The Balaban J connectivity index is 2.09. The van der Waals surface area contributed by atoms with Crippen molar-refractivity contribution in [3.63, 3.8) is 0 Å². The lowest BCUT2D eigenvalue weighted by Gasteiger charge is -2.05. The van der Waals surface area contributed by atoms with Crippen molar-refractivity contribution >= 4 is 11.6 Å². The monoisotopic (exact) mass is 279 g/mol. The summed E-state index contributed by atoms with van der Waals surface area (Å²) in [6, 6.07) is 11.8. The van der Waals surface area contributed by atoms with E-state index in [4.69, 9.17) is 5.73 Å². The summed E-state index contributed by atoms with van der Waals surface area (Å²) >= 11 is 0. The van der Waals surface area contributed by atoms with Gasteiger partial charge in [-0.2, -0.15) is 0 Å². The summed E-state index contributed by atoms with van der Waals surface area (Å²) in [5.74, 6) is 0.0366. The van der Waals surface area contributed by atoms with Crippen LogP contribution in [0.5, 0.6) is 0 Å². The fourth-order valence-corrected chi connectivity index (χ4v) is 2.38. The van der Waals surface area contributed by atoms with Crippen molar-refractivity contribution in [1.29, 1.82) is 0 Å². The molecule has 0 bridgehead atoms. The van der Waals surface area contributed by atoms with E-state index in [2.05, 4.69) is 43.1 Å². The van der Waals surface area contributed by atoms with Gasteiger partial charge in [-0.3, -0.25) is 4.79 Å². The van der Waals surface area contributed by atoms with E-state index in [0.717, 1.165) is 11.3 Å². The van der Waals surface area contributed by atoms with E-state index in [1.54, 1.807) is 12.1 Å². The van der Waals surface area contributed by atoms with E-state index in [9.17, 15) is 4.79 Å². The number of amides is 1. The number of primary amides is 1. The Kier molecular flexibility index (Phi) is 3.22. The second-order valence-electron chi connectivity index (χ2n) is 5.42. The molecule has 0 radical (unpaired) electrons. The van der Waals surface area contributed by atoms with Crippen molar-refractivity contribution in [2.24, 2.45) is 5.73 Å². The van der Waals surface area contributed by atoms with Gasteiger partial charge in [0.2, 0.25) is 0 Å². The van der Waals surface area contributed by atoms with Gasteiger partial charge in [0.15, 0.2) is 0 Å². The average Bonchev–Trinajstić information content (AvgIpc) is 2.90. The highest BCUT2D eigenvalue weighted by Gasteiger charge is 2.11. The van der Waals surface area contributed by atoms with Crippen LogP contribution in [0.15, 0.2) is 48.8 Å². The minimum Gasteiger partial charge on any atom is -0.365 e. The van der Waals surface area contributed by atoms with Gasteiger partial charge in [-0.05, 0) is 23.6 Å². The number of hydrogen-bond donors (Lipinski definition) is 1. The van der Waals surface area contributed by atoms with E-state index in [1.807, 2.05) is 16.8 Å². The van der Waals surface area contributed by atoms with Crippen LogP contribution in [0.4, 0.5) is 0 Å². The van der Waals surface area contributed by atoms with Gasteiger partial charge in [-0.25, -0.2) is 4.98 Å². The van der Waals surface area contributed by atoms with Crippen LogP contribution in [0.3, 0.4) is 0 Å². The molecule has 3 rings (SSSR count). The summed E-state index contributed by atoms with van der Waals surface area (Å²) in [4.78, 5) is 16.0. The van der Waals surface area contributed by atoms with Gasteiger partial charge in [0.1, 0.15) is 5.65 Å². The number of carbonyl (C=O) groups excluding carboxylic acids is 1. The highest BCUT2D eigenvalue weighted by molar-refractivity contribution is 5.98. The molecule has 0 saturated carbocycles. The third-order valence-corrected chi connectivity index (χ3v) is 3.62. The van der Waals surface area contributed by atoms with Gasteiger partial charge < -0.3 is 10.1 Å². The number of hydrogen-bond acceptors (Lipinski definition) is 2. The number of carbonyl (C=O) groups is 1. The predicted octanol–water partition coefficient (Wildman–Crippen LogP) is 3.22. The third kappa shape index (κ3) is 2.40. The van der Waals surface area contributed by atoms with Gasteiger partial charge in [0, 0.05) is 18.0 Å². The van der Waals surface area contributed by atoms with Gasteiger partial charge >= 0.3 is 0 Å². The Bertz CT molecular complexity index is 801. The lowest BCUT2D eigenvalue weighted by Crippen LogP contribution is -2.12. The Morgan fingerprint density at radius 2 is 1.90 bits per heavy atom. The molecule has 0 atom stereocenters. The number of fused-ring (bicyclic) bond motifs is 1. The maximum atomic E-state index is 11.4. The Morgan fingerprint density at radius 3 is 2.52 bits per heavy atom. The molecule has 4 nitrogen and oxygen atoms in total. The standard InChI is InChI=1S/C17H17N3O/c1-11(2)12-5-7-13(8-6-12)15-10-20-9-3-4-14(16(18)21)17(20)19-15/h3-11H,1-2H3,(H2,18,21). The van der Waals surface area contributed by atoms with E-state index < -0.39 is 5.91 Å². The zero-order chi connectivity index (χ0) is 15.0. The van der Waals surface area contributed by atoms with Crippen LogP contribution in [0, 0.1) is 0 Å². The number of aromatic nitrogens is 2. The highest BCUT2D eigenvalue weighted by Crippen LogP contribution is 2.23. The summed E-state index contributed by atoms with van der Waals surface area (Å²) in [5.41, 5.74) is 9.56. The van der Waals surface area contributed by atoms with E-state index in [1.165, 1.54) is 5.56 Å². The Morgan fingerprint density at radius 1 is 1.19 bits per heavy atom. The molecule has 3 aromatic rings. The minimum absolute atomic E-state index is 0.433. The largest absolute Gasteiger partial charge is 0.365 e. The first-order valence-corrected chi connectivity index (χ1v) is 6.94. The third-order valence-electron chi connectivity index (χ3n) is 3.62. The van der Waals surface area contributed by atoms with Crippen molar-refractivity contribution in [2.45, 2.75) is 19.8 Å². The molecule has 21 heavy (non-hydrogen) atoms. The molecular weight excluding hydrogens is 262 g/mol. The van der Waals surface area contributed by atoms with Gasteiger partial charge in [0.05, 0.1) is 11.3 Å². The molecule has 0 saturated heterocycles. The minimum atomic E-state index is -0.465. The predicted molar refractivity (Wildman–Crippen MR) is 83.2 cm³/mol. The number of nitrogens with zero attached hydrogens (tertiary/aromatic N) is 2. The molecule has 2 aromatic heterocycles. The summed E-state index contributed by atoms with van der Waals surface area (Å²) in [6.45, 7) is 4.33. The van der Waals surface area contributed by atoms with Gasteiger partial charge in [0.25, 0.3) is 5.91 Å². The van der Waals surface area contributed by atoms with Crippen molar-refractivity contribution in [3.05, 3.63) is 59.9 Å². The molecule has 1 aromatic carbocycles. The van der Waals surface area contributed by atoms with E-state index in [-0.39, 0.29) is 0 Å². The van der Waals surface area contributed by atoms with Crippen molar-refractivity contribution in [1.82, 2.24) is 9.38 Å². The zero-order valence-corrected chi connectivity index (χ0v) is 12.1. The molecule has 1 amide bonds. The maximum absolute atomic E-state index is 11.4. The maximum Gasteiger partial charge on any atom is 0.252 e. The van der Waals surface area contributed by atoms with E-state index in [0.29, 0.717) is 17.1 Å². The first-order valence-electron chi connectivity index (χ1n) is 6.94. The molecule has 0 aliphatic carbocycles. The number of nitrogens with two attached hydrogens (primary N) is 1. The normalized spacial score (nSPS) is 11.2. The second kappa shape index (κ2) is 5.05. The smallest absolute Gasteiger partial charge is 0.252 e. The van der Waals surface area contributed by atoms with Crippen LogP contribution in [0.25, 0.3) is 16.9 Å². The number of benzene rings is 1. The summed E-state index contributed by atoms with van der Waals surface area (Å²) in [6.07, 6.45) is 3.77. The highest BCUT2D eigenvalue weighted by atomic mass is 16.1. The van der Waals surface area contributed by atoms with Crippen LogP contribution in [0.2, 0.25) is 0 Å². The van der Waals surface area contributed by atoms with Crippen molar-refractivity contribution < 1.29 is 4.79 Å². The molecule has 0 unspecified atom stereocenters. The second-order valence-corrected chi connectivity index (χ2v) is 5.42. The molecule has 0 aliphatic heterocycles. The first kappa shape index (κ1) is 13.4. The number of imidazole rings is 1. The van der Waals surface area contributed by atoms with Crippen molar-refractivity contribution in [3.8, 4) is 11.3 Å². The lowest BCUT2D eigenvalue weighted by atomic mass is 10.0. The molecular formula is C17H17N3O. The fourth-order valence-electron chi connectivity index (χ4n) is 2.38. The molecule has 0 fully saturated rings. The Hall–Kier alpha value is -2.62. The van der Waals surface area contributed by atoms with E-state index >= 15 is 0 Å². The quantitative estimate of drug-likeness (QED) is 0.800. The van der Waals surface area contributed by atoms with Crippen LogP contribution in [-0.4, -0.2) is 15.3 Å². The molecule has 2 N–H and O–H groups in total. The Labute approximate surface area is 123 Å². The van der Waals surface area contributed by atoms with Gasteiger partial charge in [-0.1, -0.05) is 38.1 Å². The van der Waals surface area contributed by atoms with Crippen LogP contribution >= 0.6 is 0 Å². The van der Waals surface area contributed by atoms with Crippen LogP contribution in [-0.2, 0) is 0 Å². The fraction of sp³-hybridized carbons (Fsp3) is 0.176. The topological polar surface area (TPSA) is 60.4 Å². The van der Waals surface area contributed by atoms with Crippen LogP contribution in [0.1, 0.15) is 35.7 Å². The van der Waals surface area contributed by atoms with Crippen molar-refractivity contribution in [2.75, 3.05) is 0 Å². The summed E-state index contributed by atoms with van der Waals surface area (Å²) < 4.78 is 1.83. The van der Waals surface area contributed by atoms with Gasteiger partial charge in [-0.15, -0.1) is 0 Å².